The zero-order valence-electron chi connectivity index (χ0n) is 15.3. The molecule has 0 radical (unpaired) electrons. The quantitative estimate of drug-likeness (QED) is 0.482. The number of esters is 1. The first-order chi connectivity index (χ1) is 13.5. The third-order valence-electron chi connectivity index (χ3n) is 4.72. The number of halogens is 2. The molecule has 0 aliphatic carbocycles. The maximum absolute atomic E-state index is 13.9. The van der Waals surface area contributed by atoms with E-state index in [1.807, 2.05) is 42.5 Å². The Morgan fingerprint density at radius 1 is 1.18 bits per heavy atom. The van der Waals surface area contributed by atoms with Gasteiger partial charge in [-0.2, -0.15) is 5.10 Å². The fourth-order valence-electron chi connectivity index (χ4n) is 3.44. The van der Waals surface area contributed by atoms with Crippen molar-refractivity contribution < 1.29 is 18.3 Å². The molecule has 0 saturated heterocycles. The molecular formula is C21H17F2N3O2. The van der Waals surface area contributed by atoms with E-state index in [0.717, 1.165) is 16.3 Å². The molecule has 0 spiro atoms. The number of nitrogens with zero attached hydrogens (tertiary/aromatic N) is 3. The second-order valence-corrected chi connectivity index (χ2v) is 6.44. The van der Waals surface area contributed by atoms with Crippen LogP contribution in [0.5, 0.6) is 0 Å². The topological polar surface area (TPSA) is 57.0 Å². The van der Waals surface area contributed by atoms with Gasteiger partial charge in [0.15, 0.2) is 5.65 Å². The van der Waals surface area contributed by atoms with Crippen molar-refractivity contribution in [1.29, 1.82) is 0 Å². The van der Waals surface area contributed by atoms with Crippen molar-refractivity contribution in [3.05, 3.63) is 59.8 Å². The number of ether oxygens (including phenoxy) is 1. The van der Waals surface area contributed by atoms with Gasteiger partial charge in [-0.25, -0.2) is 18.4 Å². The molecule has 0 N–H and O–H groups in total. The molecule has 28 heavy (non-hydrogen) atoms. The molecule has 0 amide bonds. The van der Waals surface area contributed by atoms with Crippen LogP contribution in [0.4, 0.5) is 8.78 Å². The highest BCUT2D eigenvalue weighted by atomic mass is 19.3. The zero-order chi connectivity index (χ0) is 19.8. The maximum Gasteiger partial charge on any atom is 0.327 e. The van der Waals surface area contributed by atoms with Crippen molar-refractivity contribution in [2.75, 3.05) is 7.11 Å². The molecule has 4 aromatic rings. The van der Waals surface area contributed by atoms with Crippen LogP contribution in [-0.4, -0.2) is 27.8 Å². The van der Waals surface area contributed by atoms with E-state index in [1.54, 1.807) is 6.92 Å². The SMILES string of the molecule is COC(=O)Cn1nc(C)c2c(C(F)F)cc(-c3cccc4ccccc34)nc21. The summed E-state index contributed by atoms with van der Waals surface area (Å²) in [6, 6.07) is 14.8. The molecule has 0 aliphatic rings. The molecule has 2 heterocycles. The fourth-order valence-corrected chi connectivity index (χ4v) is 3.44. The first kappa shape index (κ1) is 18.0. The van der Waals surface area contributed by atoms with Crippen LogP contribution in [0.2, 0.25) is 0 Å². The molecule has 0 unspecified atom stereocenters. The Kier molecular flexibility index (Phi) is 4.50. The molecule has 5 nitrogen and oxygen atoms in total. The number of rotatable bonds is 4. The van der Waals surface area contributed by atoms with Crippen LogP contribution in [0.1, 0.15) is 17.7 Å². The maximum atomic E-state index is 13.9. The van der Waals surface area contributed by atoms with E-state index in [1.165, 1.54) is 17.9 Å². The number of benzene rings is 2. The van der Waals surface area contributed by atoms with Crippen LogP contribution in [0, 0.1) is 6.92 Å². The van der Waals surface area contributed by atoms with Gasteiger partial charge in [-0.05, 0) is 23.8 Å². The van der Waals surface area contributed by atoms with Crippen molar-refractivity contribution in [3.63, 3.8) is 0 Å². The molecule has 0 bridgehead atoms. The summed E-state index contributed by atoms with van der Waals surface area (Å²) >= 11 is 0. The second-order valence-electron chi connectivity index (χ2n) is 6.44. The standard InChI is InChI=1S/C21H17F2N3O2/c1-12-19-16(20(22)23)10-17(24-21(19)26(25-12)11-18(27)28-2)15-9-5-7-13-6-3-4-8-14(13)15/h3-10,20H,11H2,1-2H3. The van der Waals surface area contributed by atoms with Gasteiger partial charge in [0.2, 0.25) is 0 Å². The summed E-state index contributed by atoms with van der Waals surface area (Å²) in [4.78, 5) is 16.3. The van der Waals surface area contributed by atoms with Crippen molar-refractivity contribution in [1.82, 2.24) is 14.8 Å². The van der Waals surface area contributed by atoms with Gasteiger partial charge < -0.3 is 4.74 Å². The van der Waals surface area contributed by atoms with Gasteiger partial charge >= 0.3 is 5.97 Å². The van der Waals surface area contributed by atoms with Crippen LogP contribution in [0.25, 0.3) is 33.1 Å². The number of pyridine rings is 1. The smallest absolute Gasteiger partial charge is 0.327 e. The fraction of sp³-hybridized carbons (Fsp3) is 0.190. The van der Waals surface area contributed by atoms with E-state index in [9.17, 15) is 13.6 Å². The molecule has 0 saturated carbocycles. The third-order valence-corrected chi connectivity index (χ3v) is 4.72. The second kappa shape index (κ2) is 6.99. The Morgan fingerprint density at radius 2 is 1.93 bits per heavy atom. The summed E-state index contributed by atoms with van der Waals surface area (Å²) in [6.45, 7) is 1.43. The van der Waals surface area contributed by atoms with E-state index >= 15 is 0 Å². The first-order valence-electron chi connectivity index (χ1n) is 8.70. The van der Waals surface area contributed by atoms with Crippen molar-refractivity contribution in [3.8, 4) is 11.3 Å². The van der Waals surface area contributed by atoms with Gasteiger partial charge in [0.05, 0.1) is 23.9 Å². The van der Waals surface area contributed by atoms with Crippen molar-refractivity contribution in [2.45, 2.75) is 19.9 Å². The van der Waals surface area contributed by atoms with E-state index in [2.05, 4.69) is 14.8 Å². The minimum atomic E-state index is -2.70. The summed E-state index contributed by atoms with van der Waals surface area (Å²) in [7, 11) is 1.26. The Morgan fingerprint density at radius 3 is 2.68 bits per heavy atom. The monoisotopic (exact) mass is 381 g/mol. The number of alkyl halides is 2. The Hall–Kier alpha value is -3.35. The predicted octanol–water partition coefficient (Wildman–Crippen LogP) is 4.67. The number of aryl methyl sites for hydroxylation is 1. The lowest BCUT2D eigenvalue weighted by Gasteiger charge is -2.10. The van der Waals surface area contributed by atoms with Gasteiger partial charge in [-0.15, -0.1) is 0 Å². The molecular weight excluding hydrogens is 364 g/mol. The summed E-state index contributed by atoms with van der Waals surface area (Å²) in [5.41, 5.74) is 1.63. The Balaban J connectivity index is 2.02. The van der Waals surface area contributed by atoms with E-state index in [-0.39, 0.29) is 23.1 Å². The van der Waals surface area contributed by atoms with E-state index < -0.39 is 12.4 Å². The molecule has 0 fully saturated rings. The Bertz CT molecular complexity index is 1200. The summed E-state index contributed by atoms with van der Waals surface area (Å²) in [6.07, 6.45) is -2.70. The molecule has 2 aromatic carbocycles. The van der Waals surface area contributed by atoms with Gasteiger partial charge in [0.25, 0.3) is 6.43 Å². The summed E-state index contributed by atoms with van der Waals surface area (Å²) < 4.78 is 33.7. The lowest BCUT2D eigenvalue weighted by molar-refractivity contribution is -0.141. The van der Waals surface area contributed by atoms with Crippen LogP contribution in [0.15, 0.2) is 48.5 Å². The van der Waals surface area contributed by atoms with Gasteiger partial charge in [-0.1, -0.05) is 42.5 Å². The molecule has 0 aliphatic heterocycles. The van der Waals surface area contributed by atoms with Crippen LogP contribution < -0.4 is 0 Å². The molecule has 0 atom stereocenters. The Labute approximate surface area is 159 Å². The highest BCUT2D eigenvalue weighted by Crippen LogP contribution is 2.35. The highest BCUT2D eigenvalue weighted by Gasteiger charge is 2.22. The average Bonchev–Trinajstić information content (AvgIpc) is 3.02. The minimum Gasteiger partial charge on any atom is -0.468 e. The molecule has 2 aromatic heterocycles. The number of methoxy groups -OCH3 is 1. The molecule has 7 heteroatoms. The van der Waals surface area contributed by atoms with Gasteiger partial charge in [0.1, 0.15) is 6.54 Å². The minimum absolute atomic E-state index is 0.151. The first-order valence-corrected chi connectivity index (χ1v) is 8.70. The van der Waals surface area contributed by atoms with E-state index in [4.69, 9.17) is 0 Å². The normalized spacial score (nSPS) is 11.5. The highest BCUT2D eigenvalue weighted by molar-refractivity contribution is 5.97. The van der Waals surface area contributed by atoms with Crippen molar-refractivity contribution in [2.24, 2.45) is 0 Å². The van der Waals surface area contributed by atoms with E-state index in [0.29, 0.717) is 11.4 Å². The lowest BCUT2D eigenvalue weighted by Crippen LogP contribution is -2.13. The summed E-state index contributed by atoms with van der Waals surface area (Å²) in [5, 5.41) is 6.40. The van der Waals surface area contributed by atoms with Crippen LogP contribution in [-0.2, 0) is 16.1 Å². The summed E-state index contributed by atoms with van der Waals surface area (Å²) in [5.74, 6) is -0.527. The largest absolute Gasteiger partial charge is 0.468 e. The third kappa shape index (κ3) is 2.98. The van der Waals surface area contributed by atoms with Crippen LogP contribution >= 0.6 is 0 Å². The number of aromatic nitrogens is 3. The average molecular weight is 381 g/mol. The van der Waals surface area contributed by atoms with Crippen LogP contribution in [0.3, 0.4) is 0 Å². The number of carbonyl (C=O) groups excluding carboxylic acids is 1. The molecule has 142 valence electrons. The van der Waals surface area contributed by atoms with Crippen molar-refractivity contribution >= 4 is 27.8 Å². The number of hydrogen-bond donors (Lipinski definition) is 0. The molecule has 4 rings (SSSR count). The lowest BCUT2D eigenvalue weighted by atomic mass is 10.00. The number of hydrogen-bond acceptors (Lipinski definition) is 4. The zero-order valence-corrected chi connectivity index (χ0v) is 15.3. The van der Waals surface area contributed by atoms with Gasteiger partial charge in [-0.3, -0.25) is 4.79 Å². The number of fused-ring (bicyclic) bond motifs is 2. The van der Waals surface area contributed by atoms with Gasteiger partial charge in [0, 0.05) is 11.1 Å². The number of carbonyl (C=O) groups is 1. The predicted molar refractivity (Wildman–Crippen MR) is 102 cm³/mol.